The number of ether oxygens (including phenoxy) is 1. The molecule has 0 amide bonds. The van der Waals surface area contributed by atoms with Gasteiger partial charge in [0, 0.05) is 18.7 Å². The van der Waals surface area contributed by atoms with E-state index in [1.807, 2.05) is 24.7 Å². The van der Waals surface area contributed by atoms with E-state index in [2.05, 4.69) is 20.2 Å². The molecule has 3 heterocycles. The molecule has 1 unspecified atom stereocenters. The van der Waals surface area contributed by atoms with Crippen LogP contribution in [0.3, 0.4) is 0 Å². The second-order valence-electron chi connectivity index (χ2n) is 3.64. The van der Waals surface area contributed by atoms with Crippen LogP contribution in [0.15, 0.2) is 10.1 Å². The minimum absolute atomic E-state index is 0.330. The van der Waals surface area contributed by atoms with E-state index in [9.17, 15) is 0 Å². The first-order chi connectivity index (χ1) is 8.19. The molecule has 0 aromatic heterocycles. The Morgan fingerprint density at radius 2 is 2.41 bits per heavy atom. The molecule has 1 N–H and O–H groups in total. The van der Waals surface area contributed by atoms with Crippen molar-refractivity contribution >= 4 is 45.8 Å². The van der Waals surface area contributed by atoms with Gasteiger partial charge in [0.1, 0.15) is 11.8 Å². The van der Waals surface area contributed by atoms with Gasteiger partial charge < -0.3 is 4.74 Å². The van der Waals surface area contributed by atoms with Gasteiger partial charge in [-0.05, 0) is 11.6 Å². The Kier molecular flexibility index (Phi) is 2.44. The van der Waals surface area contributed by atoms with E-state index in [-0.39, 0.29) is 4.33 Å². The molecule has 1 atom stereocenters. The molecular weight excluding hydrogens is 258 g/mol. The third kappa shape index (κ3) is 1.43. The topological polar surface area (TPSA) is 52.0 Å². The van der Waals surface area contributed by atoms with Crippen LogP contribution in [0.25, 0.3) is 0 Å². The van der Waals surface area contributed by atoms with Crippen LogP contribution in [0.5, 0.6) is 0 Å². The summed E-state index contributed by atoms with van der Waals surface area (Å²) in [6.45, 7) is 4.63. The van der Waals surface area contributed by atoms with Crippen molar-refractivity contribution in [1.82, 2.24) is 5.43 Å². The quantitative estimate of drug-likeness (QED) is 0.704. The highest BCUT2D eigenvalue weighted by molar-refractivity contribution is 8.30. The minimum atomic E-state index is -0.330. The molecule has 3 rings (SSSR count). The summed E-state index contributed by atoms with van der Waals surface area (Å²) in [5, 5.41) is 6.04. The van der Waals surface area contributed by atoms with Crippen molar-refractivity contribution in [1.29, 1.82) is 0 Å². The van der Waals surface area contributed by atoms with Crippen LogP contribution in [0, 0.1) is 0 Å². The number of nitrogens with one attached hydrogen (secondary N) is 1. The van der Waals surface area contributed by atoms with Crippen LogP contribution in [-0.4, -0.2) is 49.7 Å². The molecule has 8 heteroatoms. The Balaban J connectivity index is 1.99. The van der Waals surface area contributed by atoms with Crippen LogP contribution >= 0.6 is 23.5 Å². The Morgan fingerprint density at radius 3 is 3.12 bits per heavy atom. The predicted octanol–water partition coefficient (Wildman–Crippen LogP) is 0.459. The summed E-state index contributed by atoms with van der Waals surface area (Å²) < 4.78 is 9.14. The molecule has 1 saturated heterocycles. The van der Waals surface area contributed by atoms with Gasteiger partial charge in [-0.15, -0.1) is 5.43 Å². The van der Waals surface area contributed by atoms with Gasteiger partial charge in [-0.2, -0.15) is 0 Å². The largest absolute Gasteiger partial charge is 0.522 e. The number of hydrogen-bond acceptors (Lipinski definition) is 5. The summed E-state index contributed by atoms with van der Waals surface area (Å²) in [7, 11) is 1.78. The van der Waals surface area contributed by atoms with Crippen molar-refractivity contribution < 1.29 is 14.1 Å². The SMILES string of the molecule is CCOC1=N[N+]2=CC(C)=[N+]3NC(=NC)SC23S1. The zero-order valence-electron chi connectivity index (χ0n) is 9.80. The second-order valence-corrected chi connectivity index (χ2v) is 6.18. The zero-order valence-corrected chi connectivity index (χ0v) is 11.4. The monoisotopic (exact) mass is 271 g/mol. The molecular formula is C9H13N5OS2+2. The summed E-state index contributed by atoms with van der Waals surface area (Å²) in [5.74, 6) is 0. The summed E-state index contributed by atoms with van der Waals surface area (Å²) in [6.07, 6.45) is 2.01. The predicted molar refractivity (Wildman–Crippen MR) is 70.7 cm³/mol. The summed E-state index contributed by atoms with van der Waals surface area (Å²) in [5.41, 5.74) is 4.38. The summed E-state index contributed by atoms with van der Waals surface area (Å²) in [4.78, 5) is 4.20. The maximum absolute atomic E-state index is 5.48. The van der Waals surface area contributed by atoms with E-state index in [4.69, 9.17) is 4.74 Å². The minimum Gasteiger partial charge on any atom is -0.469 e. The Hall–Kier alpha value is -1.02. The molecule has 1 fully saturated rings. The van der Waals surface area contributed by atoms with Gasteiger partial charge in [0.2, 0.25) is 5.17 Å². The van der Waals surface area contributed by atoms with E-state index in [1.165, 1.54) is 0 Å². The van der Waals surface area contributed by atoms with Crippen molar-refractivity contribution in [3.8, 4) is 0 Å². The van der Waals surface area contributed by atoms with Gasteiger partial charge >= 0.3 is 9.56 Å². The van der Waals surface area contributed by atoms with Crippen molar-refractivity contribution in [2.24, 2.45) is 10.1 Å². The third-order valence-corrected chi connectivity index (χ3v) is 5.16. The average molecular weight is 271 g/mol. The van der Waals surface area contributed by atoms with Crippen LogP contribution < -0.4 is 5.43 Å². The van der Waals surface area contributed by atoms with Crippen LogP contribution in [0.1, 0.15) is 13.8 Å². The molecule has 90 valence electrons. The lowest BCUT2D eigenvalue weighted by molar-refractivity contribution is -0.765. The molecule has 1 spiro atoms. The van der Waals surface area contributed by atoms with E-state index < -0.39 is 0 Å². The number of hydrogen-bond donors (Lipinski definition) is 1. The Labute approximate surface area is 107 Å². The van der Waals surface area contributed by atoms with Crippen molar-refractivity contribution in [2.75, 3.05) is 13.7 Å². The molecule has 0 aromatic carbocycles. The molecule has 0 radical (unpaired) electrons. The molecule has 3 aliphatic heterocycles. The van der Waals surface area contributed by atoms with Crippen LogP contribution in [-0.2, 0) is 4.74 Å². The Bertz CT molecular complexity index is 510. The molecule has 17 heavy (non-hydrogen) atoms. The van der Waals surface area contributed by atoms with E-state index in [0.29, 0.717) is 11.8 Å². The lowest BCUT2D eigenvalue weighted by atomic mass is 10.5. The first-order valence-corrected chi connectivity index (χ1v) is 6.94. The van der Waals surface area contributed by atoms with Crippen molar-refractivity contribution in [3.63, 3.8) is 0 Å². The first-order valence-electron chi connectivity index (χ1n) is 5.30. The second kappa shape index (κ2) is 3.74. The van der Waals surface area contributed by atoms with Gasteiger partial charge in [0.05, 0.1) is 23.5 Å². The van der Waals surface area contributed by atoms with Crippen LogP contribution in [0.4, 0.5) is 0 Å². The number of aliphatic imine (C=N–C) groups is 1. The number of amidine groups is 1. The molecule has 0 aromatic rings. The van der Waals surface area contributed by atoms with Gasteiger partial charge in [0.15, 0.2) is 0 Å². The number of hydrazone groups is 2. The highest BCUT2D eigenvalue weighted by Gasteiger charge is 2.72. The Morgan fingerprint density at radius 1 is 1.59 bits per heavy atom. The highest BCUT2D eigenvalue weighted by Crippen LogP contribution is 2.48. The normalized spacial score (nSPS) is 32.3. The standard InChI is InChI=1S/C9H12N5OS2/c1-4-15-8-12-13-5-6(2)14-9(13,17-8)16-7(10-3)11-14/h5H,4H2,1-3H3/q+1/p+1. The van der Waals surface area contributed by atoms with Gasteiger partial charge in [-0.1, -0.05) is 0 Å². The lowest BCUT2D eigenvalue weighted by Gasteiger charge is -2.02. The number of thioether (sulfide) groups is 2. The van der Waals surface area contributed by atoms with Gasteiger partial charge in [0.25, 0.3) is 11.9 Å². The molecule has 3 aliphatic rings. The van der Waals surface area contributed by atoms with Gasteiger partial charge in [-0.25, -0.2) is 0 Å². The maximum atomic E-state index is 5.48. The highest BCUT2D eigenvalue weighted by atomic mass is 32.2. The third-order valence-electron chi connectivity index (χ3n) is 2.55. The van der Waals surface area contributed by atoms with E-state index >= 15 is 0 Å². The summed E-state index contributed by atoms with van der Waals surface area (Å²) >= 11 is 3.23. The molecule has 6 nitrogen and oxygen atoms in total. The van der Waals surface area contributed by atoms with E-state index in [0.717, 1.165) is 10.9 Å². The maximum Gasteiger partial charge on any atom is 0.522 e. The zero-order chi connectivity index (χ0) is 12.0. The smallest absolute Gasteiger partial charge is 0.469 e. The van der Waals surface area contributed by atoms with Gasteiger partial charge in [-0.3, -0.25) is 4.99 Å². The fourth-order valence-corrected chi connectivity index (χ4v) is 4.41. The molecule has 0 saturated carbocycles. The van der Waals surface area contributed by atoms with Crippen LogP contribution in [0.2, 0.25) is 0 Å². The first kappa shape index (κ1) is 11.1. The average Bonchev–Trinajstić information content (AvgIpc) is 2.88. The van der Waals surface area contributed by atoms with Crippen molar-refractivity contribution in [2.45, 2.75) is 18.2 Å². The fraction of sp³-hybridized carbons (Fsp3) is 0.556. The number of rotatable bonds is 1. The lowest BCUT2D eigenvalue weighted by Crippen LogP contribution is -2.39. The number of nitrogens with zero attached hydrogens (tertiary/aromatic N) is 4. The van der Waals surface area contributed by atoms with E-state index in [1.54, 1.807) is 30.6 Å². The van der Waals surface area contributed by atoms with Crippen molar-refractivity contribution in [3.05, 3.63) is 0 Å². The summed E-state index contributed by atoms with van der Waals surface area (Å²) in [6, 6.07) is 0. The fourth-order valence-electron chi connectivity index (χ4n) is 1.84. The molecule has 0 bridgehead atoms. The number of hydrazine groups is 1. The molecule has 0 aliphatic carbocycles.